The molecule has 0 fully saturated rings. The topological polar surface area (TPSA) is 52.4 Å². The molecule has 0 aliphatic heterocycles. The molecule has 0 amide bonds. The highest BCUT2D eigenvalue weighted by atomic mass is 35.5. The van der Waals surface area contributed by atoms with E-state index in [4.69, 9.17) is 16.3 Å². The maximum atomic E-state index is 10.9. The lowest BCUT2D eigenvalue weighted by atomic mass is 10.3. The second-order valence-corrected chi connectivity index (χ2v) is 5.36. The van der Waals surface area contributed by atoms with Gasteiger partial charge >= 0.3 is 0 Å². The fourth-order valence-electron chi connectivity index (χ4n) is 1.30. The summed E-state index contributed by atoms with van der Waals surface area (Å²) >= 11 is 7.11. The summed E-state index contributed by atoms with van der Waals surface area (Å²) in [4.78, 5) is 11.2. The Bertz CT molecular complexity index is 400. The smallest absolute Gasteiger partial charge is 0.286 e. The number of rotatable bonds is 6. The van der Waals surface area contributed by atoms with Crippen LogP contribution in [0.1, 0.15) is 13.3 Å². The van der Waals surface area contributed by atoms with Gasteiger partial charge in [0.25, 0.3) is 5.69 Å². The summed E-state index contributed by atoms with van der Waals surface area (Å²) in [6.45, 7) is 2.00. The molecule has 4 nitrogen and oxygen atoms in total. The predicted molar refractivity (Wildman–Crippen MR) is 70.3 cm³/mol. The summed E-state index contributed by atoms with van der Waals surface area (Å²) in [6.07, 6.45) is 0.815. The van der Waals surface area contributed by atoms with Crippen molar-refractivity contribution in [3.63, 3.8) is 0 Å². The van der Waals surface area contributed by atoms with Crippen LogP contribution in [0.5, 0.6) is 5.75 Å². The van der Waals surface area contributed by atoms with Crippen LogP contribution in [0.15, 0.2) is 23.1 Å². The molecule has 0 spiro atoms. The van der Waals surface area contributed by atoms with Crippen molar-refractivity contribution in [1.82, 2.24) is 0 Å². The van der Waals surface area contributed by atoms with Gasteiger partial charge in [0, 0.05) is 11.1 Å². The third-order valence-electron chi connectivity index (χ3n) is 2.21. The van der Waals surface area contributed by atoms with Crippen LogP contribution < -0.4 is 4.74 Å². The molecular formula is C11H14ClNO3S. The maximum absolute atomic E-state index is 10.9. The number of benzene rings is 1. The van der Waals surface area contributed by atoms with E-state index in [1.54, 1.807) is 12.1 Å². The highest BCUT2D eigenvalue weighted by Gasteiger charge is 2.17. The lowest BCUT2D eigenvalue weighted by molar-refractivity contribution is -0.387. The molecule has 0 saturated heterocycles. The Morgan fingerprint density at radius 2 is 2.29 bits per heavy atom. The van der Waals surface area contributed by atoms with Crippen LogP contribution in [-0.2, 0) is 0 Å². The van der Waals surface area contributed by atoms with Gasteiger partial charge in [-0.3, -0.25) is 10.1 Å². The number of hydrogen-bond donors (Lipinski definition) is 0. The molecule has 0 heterocycles. The average molecular weight is 276 g/mol. The van der Waals surface area contributed by atoms with Gasteiger partial charge in [0.05, 0.1) is 23.0 Å². The molecule has 1 atom stereocenters. The molecule has 1 unspecified atom stereocenters. The van der Waals surface area contributed by atoms with Crippen LogP contribution in [0.3, 0.4) is 0 Å². The van der Waals surface area contributed by atoms with Crippen LogP contribution in [-0.4, -0.2) is 23.2 Å². The quantitative estimate of drug-likeness (QED) is 0.344. The molecule has 1 aromatic rings. The van der Waals surface area contributed by atoms with Crippen molar-refractivity contribution in [2.24, 2.45) is 0 Å². The highest BCUT2D eigenvalue weighted by molar-refractivity contribution is 8.00. The minimum atomic E-state index is -0.391. The Labute approximate surface area is 109 Å². The number of nitrogens with zero attached hydrogens (tertiary/aromatic N) is 1. The van der Waals surface area contributed by atoms with Crippen LogP contribution in [0.2, 0.25) is 0 Å². The second-order valence-electron chi connectivity index (χ2n) is 3.50. The Kier molecular flexibility index (Phi) is 5.58. The summed E-state index contributed by atoms with van der Waals surface area (Å²) in [5.74, 6) is 1.05. The van der Waals surface area contributed by atoms with E-state index in [9.17, 15) is 10.1 Å². The van der Waals surface area contributed by atoms with Gasteiger partial charge in [0.1, 0.15) is 5.75 Å². The molecule has 0 radical (unpaired) electrons. The van der Waals surface area contributed by atoms with Gasteiger partial charge in [0.15, 0.2) is 0 Å². The highest BCUT2D eigenvalue weighted by Crippen LogP contribution is 2.35. The minimum absolute atomic E-state index is 0.0794. The number of nitro groups is 1. The Morgan fingerprint density at radius 3 is 2.82 bits per heavy atom. The zero-order valence-corrected chi connectivity index (χ0v) is 11.3. The number of halogens is 1. The summed E-state index contributed by atoms with van der Waals surface area (Å²) in [6, 6.07) is 4.88. The number of alkyl halides is 1. The largest absolute Gasteiger partial charge is 0.497 e. The zero-order valence-electron chi connectivity index (χ0n) is 9.68. The molecule has 0 bridgehead atoms. The first kappa shape index (κ1) is 14.1. The first-order valence-corrected chi connectivity index (χ1v) is 6.55. The van der Waals surface area contributed by atoms with Gasteiger partial charge < -0.3 is 4.74 Å². The second kappa shape index (κ2) is 6.71. The molecule has 0 aliphatic rings. The third kappa shape index (κ3) is 4.09. The number of thioether (sulfide) groups is 1. The summed E-state index contributed by atoms with van der Waals surface area (Å²) in [5.41, 5.74) is 0.0794. The minimum Gasteiger partial charge on any atom is -0.497 e. The Hall–Kier alpha value is -0.940. The van der Waals surface area contributed by atoms with E-state index in [1.807, 2.05) is 6.92 Å². The number of hydrogen-bond acceptors (Lipinski definition) is 4. The number of ether oxygens (including phenoxy) is 1. The van der Waals surface area contributed by atoms with Gasteiger partial charge in [-0.2, -0.15) is 0 Å². The normalized spacial score (nSPS) is 12.2. The van der Waals surface area contributed by atoms with Crippen molar-refractivity contribution < 1.29 is 9.66 Å². The summed E-state index contributed by atoms with van der Waals surface area (Å²) < 4.78 is 4.98. The van der Waals surface area contributed by atoms with Crippen molar-refractivity contribution >= 4 is 29.1 Å². The van der Waals surface area contributed by atoms with Gasteiger partial charge in [0.2, 0.25) is 0 Å². The van der Waals surface area contributed by atoms with Gasteiger partial charge in [-0.05, 0) is 18.6 Å². The van der Waals surface area contributed by atoms with Gasteiger partial charge in [-0.1, -0.05) is 6.92 Å². The zero-order chi connectivity index (χ0) is 12.8. The van der Waals surface area contributed by atoms with Crippen molar-refractivity contribution in [3.05, 3.63) is 28.3 Å². The van der Waals surface area contributed by atoms with Crippen molar-refractivity contribution in [1.29, 1.82) is 0 Å². The summed E-state index contributed by atoms with van der Waals surface area (Å²) in [5, 5.41) is 11.2. The van der Waals surface area contributed by atoms with Crippen LogP contribution in [0, 0.1) is 10.1 Å². The predicted octanol–water partition coefficient (Wildman–Crippen LogP) is 3.71. The first-order chi connectivity index (χ1) is 8.08. The lowest BCUT2D eigenvalue weighted by Gasteiger charge is -2.10. The van der Waals surface area contributed by atoms with Crippen LogP contribution >= 0.6 is 23.4 Å². The Balaban J connectivity index is 2.94. The van der Waals surface area contributed by atoms with E-state index < -0.39 is 4.92 Å². The molecule has 0 aliphatic carbocycles. The molecule has 0 N–H and O–H groups in total. The molecular weight excluding hydrogens is 262 g/mol. The molecule has 0 aromatic heterocycles. The molecule has 1 aromatic carbocycles. The van der Waals surface area contributed by atoms with E-state index in [2.05, 4.69) is 0 Å². The van der Waals surface area contributed by atoms with E-state index in [0.29, 0.717) is 16.5 Å². The SMILES string of the molecule is COc1ccc(SC(C)CCCl)c([N+](=O)[O-])c1. The van der Waals surface area contributed by atoms with E-state index in [1.165, 1.54) is 24.9 Å². The van der Waals surface area contributed by atoms with Crippen molar-refractivity contribution in [3.8, 4) is 5.75 Å². The van der Waals surface area contributed by atoms with Crippen molar-refractivity contribution in [2.75, 3.05) is 13.0 Å². The molecule has 0 saturated carbocycles. The van der Waals surface area contributed by atoms with Crippen LogP contribution in [0.25, 0.3) is 0 Å². The fourth-order valence-corrected chi connectivity index (χ4v) is 2.82. The van der Waals surface area contributed by atoms with E-state index >= 15 is 0 Å². The molecule has 94 valence electrons. The first-order valence-electron chi connectivity index (χ1n) is 5.13. The summed E-state index contributed by atoms with van der Waals surface area (Å²) in [7, 11) is 1.49. The average Bonchev–Trinajstić information content (AvgIpc) is 2.29. The Morgan fingerprint density at radius 1 is 1.59 bits per heavy atom. The van der Waals surface area contributed by atoms with E-state index in [-0.39, 0.29) is 10.9 Å². The van der Waals surface area contributed by atoms with E-state index in [0.717, 1.165) is 6.42 Å². The van der Waals surface area contributed by atoms with Gasteiger partial charge in [-0.25, -0.2) is 0 Å². The monoisotopic (exact) mass is 275 g/mol. The molecule has 6 heteroatoms. The fraction of sp³-hybridized carbons (Fsp3) is 0.455. The number of nitro benzene ring substituents is 1. The molecule has 17 heavy (non-hydrogen) atoms. The lowest BCUT2D eigenvalue weighted by Crippen LogP contribution is -1.99. The van der Waals surface area contributed by atoms with Crippen LogP contribution in [0.4, 0.5) is 5.69 Å². The maximum Gasteiger partial charge on any atom is 0.286 e. The standard InChI is InChI=1S/C11H14ClNO3S/c1-8(5-6-12)17-11-4-3-9(16-2)7-10(11)13(14)15/h3-4,7-8H,5-6H2,1-2H3. The van der Waals surface area contributed by atoms with Crippen molar-refractivity contribution in [2.45, 2.75) is 23.5 Å². The third-order valence-corrected chi connectivity index (χ3v) is 3.66. The number of methoxy groups -OCH3 is 1. The van der Waals surface area contributed by atoms with Gasteiger partial charge in [-0.15, -0.1) is 23.4 Å². The molecule has 1 rings (SSSR count).